The molecule has 100 valence electrons. The highest BCUT2D eigenvalue weighted by Gasteiger charge is 2.06. The van der Waals surface area contributed by atoms with E-state index in [9.17, 15) is 9.90 Å². The Labute approximate surface area is 109 Å². The van der Waals surface area contributed by atoms with E-state index in [4.69, 9.17) is 4.42 Å². The van der Waals surface area contributed by atoms with Crippen LogP contribution in [0.5, 0.6) is 0 Å². The van der Waals surface area contributed by atoms with Crippen molar-refractivity contribution in [3.05, 3.63) is 36.3 Å². The summed E-state index contributed by atoms with van der Waals surface area (Å²) in [6, 6.07) is 3.40. The van der Waals surface area contributed by atoms with Crippen LogP contribution in [0.15, 0.2) is 35.0 Å². The standard InChI is InChI=1S/C15H22O3/c1-2-3-4-5-6-8-13(16)10-11-14(17)15-9-7-12-18-15/h7,9-12,14,17H,2-6,8H2,1H3. The number of unbranched alkanes of at least 4 members (excludes halogenated alkanes) is 4. The lowest BCUT2D eigenvalue weighted by Crippen LogP contribution is -1.96. The molecule has 3 nitrogen and oxygen atoms in total. The molecule has 0 fully saturated rings. The van der Waals surface area contributed by atoms with Crippen LogP contribution in [0.3, 0.4) is 0 Å². The second kappa shape index (κ2) is 8.70. The molecule has 0 saturated carbocycles. The van der Waals surface area contributed by atoms with Gasteiger partial charge in [0.25, 0.3) is 0 Å². The Kier molecular flexibility index (Phi) is 7.11. The fourth-order valence-electron chi connectivity index (χ4n) is 1.74. The average molecular weight is 250 g/mol. The normalized spacial score (nSPS) is 13.0. The zero-order chi connectivity index (χ0) is 13.2. The van der Waals surface area contributed by atoms with Crippen molar-refractivity contribution in [2.75, 3.05) is 0 Å². The third-order valence-corrected chi connectivity index (χ3v) is 2.83. The SMILES string of the molecule is CCCCCCCC(=O)C=CC(O)c1ccco1. The highest BCUT2D eigenvalue weighted by molar-refractivity contribution is 5.89. The lowest BCUT2D eigenvalue weighted by atomic mass is 10.1. The maximum absolute atomic E-state index is 11.5. The summed E-state index contributed by atoms with van der Waals surface area (Å²) in [5.41, 5.74) is 0. The van der Waals surface area contributed by atoms with Crippen LogP contribution in [-0.4, -0.2) is 10.9 Å². The first-order valence-electron chi connectivity index (χ1n) is 6.66. The van der Waals surface area contributed by atoms with Gasteiger partial charge < -0.3 is 9.52 Å². The van der Waals surface area contributed by atoms with Crippen LogP contribution in [0, 0.1) is 0 Å². The molecule has 1 aromatic rings. The Morgan fingerprint density at radius 3 is 2.83 bits per heavy atom. The van der Waals surface area contributed by atoms with E-state index in [2.05, 4.69) is 6.92 Å². The van der Waals surface area contributed by atoms with E-state index in [-0.39, 0.29) is 5.78 Å². The van der Waals surface area contributed by atoms with Crippen molar-refractivity contribution in [3.8, 4) is 0 Å². The van der Waals surface area contributed by atoms with Gasteiger partial charge in [0.1, 0.15) is 11.9 Å². The Morgan fingerprint density at radius 1 is 1.39 bits per heavy atom. The first-order valence-corrected chi connectivity index (χ1v) is 6.66. The first-order chi connectivity index (χ1) is 8.74. The fourth-order valence-corrected chi connectivity index (χ4v) is 1.74. The minimum atomic E-state index is -0.830. The van der Waals surface area contributed by atoms with Crippen LogP contribution in [0.25, 0.3) is 0 Å². The van der Waals surface area contributed by atoms with Gasteiger partial charge >= 0.3 is 0 Å². The maximum atomic E-state index is 11.5. The van der Waals surface area contributed by atoms with Gasteiger partial charge in [-0.05, 0) is 30.7 Å². The second-order valence-corrected chi connectivity index (χ2v) is 4.45. The maximum Gasteiger partial charge on any atom is 0.155 e. The van der Waals surface area contributed by atoms with Crippen LogP contribution >= 0.6 is 0 Å². The number of carbonyl (C=O) groups is 1. The summed E-state index contributed by atoms with van der Waals surface area (Å²) in [4.78, 5) is 11.5. The second-order valence-electron chi connectivity index (χ2n) is 4.45. The molecule has 1 rings (SSSR count). The molecule has 0 aliphatic heterocycles. The summed E-state index contributed by atoms with van der Waals surface area (Å²) in [5.74, 6) is 0.527. The van der Waals surface area contributed by atoms with Gasteiger partial charge in [-0.25, -0.2) is 0 Å². The molecule has 1 atom stereocenters. The average Bonchev–Trinajstić information content (AvgIpc) is 2.89. The number of rotatable bonds is 9. The van der Waals surface area contributed by atoms with Gasteiger partial charge in [-0.15, -0.1) is 0 Å². The fraction of sp³-hybridized carbons (Fsp3) is 0.533. The highest BCUT2D eigenvalue weighted by Crippen LogP contribution is 2.14. The van der Waals surface area contributed by atoms with Crippen molar-refractivity contribution < 1.29 is 14.3 Å². The minimum Gasteiger partial charge on any atom is -0.466 e. The Hall–Kier alpha value is -1.35. The molecule has 0 saturated heterocycles. The van der Waals surface area contributed by atoms with Crippen molar-refractivity contribution in [1.29, 1.82) is 0 Å². The van der Waals surface area contributed by atoms with Gasteiger partial charge in [-0.2, -0.15) is 0 Å². The van der Waals surface area contributed by atoms with Crippen molar-refractivity contribution in [2.24, 2.45) is 0 Å². The van der Waals surface area contributed by atoms with Crippen LogP contribution < -0.4 is 0 Å². The number of aliphatic hydroxyl groups excluding tert-OH is 1. The Balaban J connectivity index is 2.19. The number of furan rings is 1. The van der Waals surface area contributed by atoms with Crippen molar-refractivity contribution in [2.45, 2.75) is 51.6 Å². The predicted octanol–water partition coefficient (Wildman–Crippen LogP) is 3.80. The molecular weight excluding hydrogens is 228 g/mol. The zero-order valence-corrected chi connectivity index (χ0v) is 11.0. The van der Waals surface area contributed by atoms with Crippen molar-refractivity contribution in [1.82, 2.24) is 0 Å². The van der Waals surface area contributed by atoms with Crippen LogP contribution in [0.2, 0.25) is 0 Å². The molecule has 1 unspecified atom stereocenters. The summed E-state index contributed by atoms with van der Waals surface area (Å²) in [6.07, 6.45) is 9.85. The number of allylic oxidation sites excluding steroid dienone is 1. The molecule has 1 aromatic heterocycles. The molecule has 0 aliphatic carbocycles. The third-order valence-electron chi connectivity index (χ3n) is 2.83. The van der Waals surface area contributed by atoms with Crippen LogP contribution in [-0.2, 0) is 4.79 Å². The van der Waals surface area contributed by atoms with Gasteiger partial charge in [0.05, 0.1) is 6.26 Å². The van der Waals surface area contributed by atoms with Crippen molar-refractivity contribution in [3.63, 3.8) is 0 Å². The summed E-state index contributed by atoms with van der Waals surface area (Å²) >= 11 is 0. The molecule has 0 bridgehead atoms. The van der Waals surface area contributed by atoms with Gasteiger partial charge in [0.2, 0.25) is 0 Å². The number of ketones is 1. The molecule has 0 radical (unpaired) electrons. The molecule has 0 amide bonds. The van der Waals surface area contributed by atoms with Gasteiger partial charge in [0.15, 0.2) is 5.78 Å². The lowest BCUT2D eigenvalue weighted by Gasteiger charge is -2.00. The smallest absolute Gasteiger partial charge is 0.155 e. The molecule has 0 aromatic carbocycles. The van der Waals surface area contributed by atoms with Gasteiger partial charge in [-0.3, -0.25) is 4.79 Å². The summed E-state index contributed by atoms with van der Waals surface area (Å²) in [5, 5.41) is 9.67. The monoisotopic (exact) mass is 250 g/mol. The quantitative estimate of drug-likeness (QED) is 0.535. The molecule has 1 heterocycles. The lowest BCUT2D eigenvalue weighted by molar-refractivity contribution is -0.114. The van der Waals surface area contributed by atoms with E-state index in [0.717, 1.165) is 12.8 Å². The van der Waals surface area contributed by atoms with E-state index < -0.39 is 6.10 Å². The molecule has 3 heteroatoms. The third kappa shape index (κ3) is 5.82. The highest BCUT2D eigenvalue weighted by atomic mass is 16.4. The summed E-state index contributed by atoms with van der Waals surface area (Å²) in [7, 11) is 0. The number of hydrogen-bond acceptors (Lipinski definition) is 3. The number of hydrogen-bond donors (Lipinski definition) is 1. The summed E-state index contributed by atoms with van der Waals surface area (Å²) < 4.78 is 5.04. The molecule has 18 heavy (non-hydrogen) atoms. The van der Waals surface area contributed by atoms with Crippen LogP contribution in [0.1, 0.15) is 57.3 Å². The number of carbonyl (C=O) groups excluding carboxylic acids is 1. The summed E-state index contributed by atoms with van der Waals surface area (Å²) in [6.45, 7) is 2.17. The van der Waals surface area contributed by atoms with E-state index >= 15 is 0 Å². The zero-order valence-electron chi connectivity index (χ0n) is 11.0. The molecule has 0 aliphatic rings. The van der Waals surface area contributed by atoms with Crippen LogP contribution in [0.4, 0.5) is 0 Å². The van der Waals surface area contributed by atoms with Gasteiger partial charge in [-0.1, -0.05) is 32.6 Å². The minimum absolute atomic E-state index is 0.0668. The van der Waals surface area contributed by atoms with Crippen molar-refractivity contribution >= 4 is 5.78 Å². The van der Waals surface area contributed by atoms with E-state index in [1.165, 1.54) is 37.7 Å². The largest absolute Gasteiger partial charge is 0.466 e. The number of aliphatic hydroxyl groups is 1. The van der Waals surface area contributed by atoms with E-state index in [0.29, 0.717) is 12.2 Å². The Morgan fingerprint density at radius 2 is 2.17 bits per heavy atom. The predicted molar refractivity (Wildman–Crippen MR) is 71.2 cm³/mol. The Bertz CT molecular complexity index is 352. The molecular formula is C15H22O3. The van der Waals surface area contributed by atoms with E-state index in [1.54, 1.807) is 12.1 Å². The van der Waals surface area contributed by atoms with E-state index in [1.807, 2.05) is 0 Å². The molecule has 0 spiro atoms. The van der Waals surface area contributed by atoms with Gasteiger partial charge in [0, 0.05) is 6.42 Å². The molecule has 1 N–H and O–H groups in total. The first kappa shape index (κ1) is 14.7. The topological polar surface area (TPSA) is 50.4 Å².